The van der Waals surface area contributed by atoms with Gasteiger partial charge in [-0.2, -0.15) is 0 Å². The molecule has 0 atom stereocenters. The van der Waals surface area contributed by atoms with Gasteiger partial charge in [0.15, 0.2) is 0 Å². The lowest BCUT2D eigenvalue weighted by Gasteiger charge is -2.17. The van der Waals surface area contributed by atoms with E-state index in [4.69, 9.17) is 4.42 Å². The summed E-state index contributed by atoms with van der Waals surface area (Å²) in [6.07, 6.45) is 1.86. The van der Waals surface area contributed by atoms with Gasteiger partial charge in [-0.1, -0.05) is 27.7 Å². The number of hydrogen-bond acceptors (Lipinski definition) is 3. The largest absolute Gasteiger partial charge is 0.468 e. The molecule has 0 saturated carbocycles. The Morgan fingerprint density at radius 2 is 2.00 bits per heavy atom. The van der Waals surface area contributed by atoms with Gasteiger partial charge in [-0.3, -0.25) is 4.90 Å². The highest BCUT2D eigenvalue weighted by Gasteiger charge is 2.07. The average molecular weight is 238 g/mol. The number of hydrogen-bond donors (Lipinski definition) is 1. The first-order chi connectivity index (χ1) is 7.97. The quantitative estimate of drug-likeness (QED) is 0.792. The first kappa shape index (κ1) is 14.3. The molecular weight excluding hydrogens is 212 g/mol. The van der Waals surface area contributed by atoms with Crippen molar-refractivity contribution in [3.63, 3.8) is 0 Å². The van der Waals surface area contributed by atoms with Gasteiger partial charge in [-0.25, -0.2) is 0 Å². The first-order valence-corrected chi connectivity index (χ1v) is 6.45. The summed E-state index contributed by atoms with van der Waals surface area (Å²) in [5.74, 6) is 1.74. The third-order valence-electron chi connectivity index (χ3n) is 2.53. The van der Waals surface area contributed by atoms with Crippen LogP contribution in [-0.4, -0.2) is 24.5 Å². The van der Waals surface area contributed by atoms with Gasteiger partial charge < -0.3 is 9.73 Å². The molecule has 0 saturated heterocycles. The van der Waals surface area contributed by atoms with Crippen LogP contribution in [0.1, 0.15) is 39.0 Å². The number of furan rings is 1. The number of nitrogens with one attached hydrogen (secondary N) is 1. The molecule has 0 amide bonds. The van der Waals surface area contributed by atoms with Gasteiger partial charge >= 0.3 is 0 Å². The van der Waals surface area contributed by atoms with Gasteiger partial charge in [0.1, 0.15) is 5.76 Å². The second-order valence-electron chi connectivity index (χ2n) is 5.55. The lowest BCUT2D eigenvalue weighted by molar-refractivity contribution is 0.265. The molecule has 98 valence electrons. The molecule has 3 heteroatoms. The Morgan fingerprint density at radius 1 is 1.29 bits per heavy atom. The van der Waals surface area contributed by atoms with E-state index in [1.165, 1.54) is 5.56 Å². The molecule has 0 aliphatic carbocycles. The van der Waals surface area contributed by atoms with E-state index < -0.39 is 0 Å². The minimum Gasteiger partial charge on any atom is -0.468 e. The summed E-state index contributed by atoms with van der Waals surface area (Å²) in [4.78, 5) is 2.29. The van der Waals surface area contributed by atoms with E-state index in [9.17, 15) is 0 Å². The van der Waals surface area contributed by atoms with Crippen LogP contribution in [0.4, 0.5) is 0 Å². The first-order valence-electron chi connectivity index (χ1n) is 6.45. The van der Waals surface area contributed by atoms with Gasteiger partial charge in [0.2, 0.25) is 0 Å². The topological polar surface area (TPSA) is 28.4 Å². The zero-order valence-electron chi connectivity index (χ0n) is 11.8. The Bertz CT molecular complexity index is 318. The third-order valence-corrected chi connectivity index (χ3v) is 2.53. The summed E-state index contributed by atoms with van der Waals surface area (Å²) in [7, 11) is 2.13. The van der Waals surface area contributed by atoms with Crippen LogP contribution in [-0.2, 0) is 13.1 Å². The highest BCUT2D eigenvalue weighted by molar-refractivity contribution is 5.12. The summed E-state index contributed by atoms with van der Waals surface area (Å²) in [5, 5.41) is 3.39. The molecular formula is C14H26N2O. The standard InChI is InChI=1S/C14H26N2O/c1-11(2)8-16(5)9-14-6-13(10-17-14)7-15-12(3)4/h6,10-12,15H,7-9H2,1-5H3. The summed E-state index contributed by atoms with van der Waals surface area (Å²) in [5.41, 5.74) is 1.23. The fourth-order valence-corrected chi connectivity index (χ4v) is 1.88. The molecule has 1 aromatic heterocycles. The van der Waals surface area contributed by atoms with Crippen LogP contribution >= 0.6 is 0 Å². The molecule has 0 radical (unpaired) electrons. The summed E-state index contributed by atoms with van der Waals surface area (Å²) >= 11 is 0. The van der Waals surface area contributed by atoms with Crippen LogP contribution in [0.5, 0.6) is 0 Å². The van der Waals surface area contributed by atoms with Gasteiger partial charge in [-0.15, -0.1) is 0 Å². The lowest BCUT2D eigenvalue weighted by Crippen LogP contribution is -2.22. The summed E-state index contributed by atoms with van der Waals surface area (Å²) < 4.78 is 5.57. The molecule has 0 bridgehead atoms. The monoisotopic (exact) mass is 238 g/mol. The maximum absolute atomic E-state index is 5.57. The average Bonchev–Trinajstić information content (AvgIpc) is 2.61. The number of rotatable bonds is 7. The molecule has 1 N–H and O–H groups in total. The highest BCUT2D eigenvalue weighted by Crippen LogP contribution is 2.11. The Balaban J connectivity index is 2.39. The van der Waals surface area contributed by atoms with E-state index in [2.05, 4.69) is 51.0 Å². The van der Waals surface area contributed by atoms with Crippen molar-refractivity contribution < 1.29 is 4.42 Å². The van der Waals surface area contributed by atoms with Gasteiger partial charge in [-0.05, 0) is 19.0 Å². The highest BCUT2D eigenvalue weighted by atomic mass is 16.3. The fraction of sp³-hybridized carbons (Fsp3) is 0.714. The molecule has 0 unspecified atom stereocenters. The van der Waals surface area contributed by atoms with E-state index in [0.717, 1.165) is 25.4 Å². The Labute approximate surface area is 105 Å². The predicted octanol–water partition coefficient (Wildman–Crippen LogP) is 2.87. The van der Waals surface area contributed by atoms with Crippen molar-refractivity contribution >= 4 is 0 Å². The summed E-state index contributed by atoms with van der Waals surface area (Å²) in [6.45, 7) is 11.6. The van der Waals surface area contributed by atoms with Crippen LogP contribution in [0, 0.1) is 5.92 Å². The van der Waals surface area contributed by atoms with Crippen molar-refractivity contribution in [3.05, 3.63) is 23.7 Å². The van der Waals surface area contributed by atoms with E-state index in [1.807, 2.05) is 6.26 Å². The normalized spacial score (nSPS) is 12.0. The Hall–Kier alpha value is -0.800. The maximum atomic E-state index is 5.57. The maximum Gasteiger partial charge on any atom is 0.118 e. The van der Waals surface area contributed by atoms with Gasteiger partial charge in [0, 0.05) is 24.7 Å². The SMILES string of the molecule is CC(C)CN(C)Cc1cc(CNC(C)C)co1. The minimum atomic E-state index is 0.511. The Kier molecular flexibility index (Phi) is 5.72. The molecule has 0 fully saturated rings. The smallest absolute Gasteiger partial charge is 0.118 e. The number of nitrogens with zero attached hydrogens (tertiary/aromatic N) is 1. The van der Waals surface area contributed by atoms with E-state index >= 15 is 0 Å². The second-order valence-corrected chi connectivity index (χ2v) is 5.55. The zero-order chi connectivity index (χ0) is 12.8. The third kappa shape index (κ3) is 5.89. The minimum absolute atomic E-state index is 0.511. The zero-order valence-corrected chi connectivity index (χ0v) is 11.8. The molecule has 1 rings (SSSR count). The van der Waals surface area contributed by atoms with Crippen molar-refractivity contribution in [3.8, 4) is 0 Å². The van der Waals surface area contributed by atoms with Crippen LogP contribution in [0.15, 0.2) is 16.7 Å². The Morgan fingerprint density at radius 3 is 2.59 bits per heavy atom. The second kappa shape index (κ2) is 6.82. The predicted molar refractivity (Wildman–Crippen MR) is 71.9 cm³/mol. The van der Waals surface area contributed by atoms with Crippen molar-refractivity contribution in [2.24, 2.45) is 5.92 Å². The van der Waals surface area contributed by atoms with Crippen molar-refractivity contribution in [1.29, 1.82) is 0 Å². The van der Waals surface area contributed by atoms with E-state index in [1.54, 1.807) is 0 Å². The van der Waals surface area contributed by atoms with Crippen LogP contribution in [0.3, 0.4) is 0 Å². The molecule has 0 aliphatic rings. The molecule has 1 aromatic rings. The summed E-state index contributed by atoms with van der Waals surface area (Å²) in [6, 6.07) is 2.66. The van der Waals surface area contributed by atoms with Crippen LogP contribution < -0.4 is 5.32 Å². The van der Waals surface area contributed by atoms with Crippen molar-refractivity contribution in [2.75, 3.05) is 13.6 Å². The van der Waals surface area contributed by atoms with Crippen LogP contribution in [0.2, 0.25) is 0 Å². The fourth-order valence-electron chi connectivity index (χ4n) is 1.88. The lowest BCUT2D eigenvalue weighted by atomic mass is 10.2. The molecule has 1 heterocycles. The molecule has 17 heavy (non-hydrogen) atoms. The van der Waals surface area contributed by atoms with Crippen LogP contribution in [0.25, 0.3) is 0 Å². The van der Waals surface area contributed by atoms with Crippen molar-refractivity contribution in [2.45, 2.75) is 46.8 Å². The molecule has 0 aromatic carbocycles. The molecule has 3 nitrogen and oxygen atoms in total. The van der Waals surface area contributed by atoms with Gasteiger partial charge in [0.05, 0.1) is 12.8 Å². The van der Waals surface area contributed by atoms with E-state index in [0.29, 0.717) is 12.0 Å². The molecule has 0 aliphatic heterocycles. The molecule has 0 spiro atoms. The van der Waals surface area contributed by atoms with Gasteiger partial charge in [0.25, 0.3) is 0 Å². The van der Waals surface area contributed by atoms with Crippen molar-refractivity contribution in [1.82, 2.24) is 10.2 Å². The van der Waals surface area contributed by atoms with E-state index in [-0.39, 0.29) is 0 Å².